The minimum Gasteiger partial charge on any atom is -0.391 e. The molecule has 2 amide bonds. The lowest BCUT2D eigenvalue weighted by Crippen LogP contribution is -2.20. The number of nitrogens with two attached hydrogens (primary N) is 1. The highest BCUT2D eigenvalue weighted by molar-refractivity contribution is 5.81. The molecule has 0 radical (unpaired) electrons. The zero-order valence-electron chi connectivity index (χ0n) is 18.8. The average molecular weight is 468 g/mol. The Bertz CT molecular complexity index is 1200. The number of H-pyrrole nitrogens is 1. The van der Waals surface area contributed by atoms with Gasteiger partial charge in [0.15, 0.2) is 0 Å². The summed E-state index contributed by atoms with van der Waals surface area (Å²) in [6.45, 7) is 2.43. The van der Waals surface area contributed by atoms with Crippen molar-refractivity contribution in [1.82, 2.24) is 10.3 Å². The van der Waals surface area contributed by atoms with Gasteiger partial charge in [-0.2, -0.15) is 0 Å². The van der Waals surface area contributed by atoms with Crippen LogP contribution in [-0.4, -0.2) is 34.6 Å². The van der Waals surface area contributed by atoms with Gasteiger partial charge in [0.2, 0.25) is 11.8 Å². The number of aromatic amines is 1. The molecule has 8 heteroatoms. The molecule has 34 heavy (non-hydrogen) atoms. The Morgan fingerprint density at radius 3 is 1.94 bits per heavy atom. The highest BCUT2D eigenvalue weighted by Gasteiger charge is 2.48. The highest BCUT2D eigenvalue weighted by Crippen LogP contribution is 2.56. The van der Waals surface area contributed by atoms with E-state index in [-0.39, 0.29) is 41.7 Å². The number of hydrogen-bond donors (Lipinski definition) is 4. The standard InChI is InChI=1S/C22H20F2N2O.C4H7NO2/c1-13-19(22(10-11-22)12-18(25)27)21(15-4-8-17(24)9-5-15)26-20(13)14-2-6-16(23)7-3-14;6-3-1-4(7)5-2-3/h2-9,26H,10-12H2,1H3,(H2,25,27);3,6H,1-2H2,(H,5,7). The number of aliphatic hydroxyl groups is 1. The largest absolute Gasteiger partial charge is 0.391 e. The van der Waals surface area contributed by atoms with Crippen molar-refractivity contribution in [3.05, 3.63) is 71.3 Å². The Morgan fingerprint density at radius 2 is 1.56 bits per heavy atom. The molecule has 6 nitrogen and oxygen atoms in total. The third kappa shape index (κ3) is 5.02. The molecule has 3 aromatic rings. The molecule has 178 valence electrons. The first-order valence-electron chi connectivity index (χ1n) is 11.2. The summed E-state index contributed by atoms with van der Waals surface area (Å²) in [6, 6.07) is 12.6. The predicted molar refractivity (Wildman–Crippen MR) is 125 cm³/mol. The number of benzene rings is 2. The maximum atomic E-state index is 13.4. The van der Waals surface area contributed by atoms with Crippen LogP contribution in [-0.2, 0) is 15.0 Å². The second-order valence-corrected chi connectivity index (χ2v) is 8.97. The smallest absolute Gasteiger partial charge is 0.222 e. The number of carbonyl (C=O) groups excluding carboxylic acids is 2. The molecule has 0 spiro atoms. The molecule has 1 aliphatic heterocycles. The lowest BCUT2D eigenvalue weighted by atomic mass is 9.86. The van der Waals surface area contributed by atoms with Gasteiger partial charge in [-0.05, 0) is 90.6 Å². The van der Waals surface area contributed by atoms with Gasteiger partial charge in [0.1, 0.15) is 11.6 Å². The first-order valence-corrected chi connectivity index (χ1v) is 11.2. The molecule has 1 aromatic heterocycles. The lowest BCUT2D eigenvalue weighted by Gasteiger charge is -2.16. The molecule has 1 saturated heterocycles. The molecule has 2 fully saturated rings. The second-order valence-electron chi connectivity index (χ2n) is 8.97. The summed E-state index contributed by atoms with van der Waals surface area (Å²) >= 11 is 0. The summed E-state index contributed by atoms with van der Waals surface area (Å²) in [5, 5.41) is 11.1. The number of rotatable bonds is 5. The van der Waals surface area contributed by atoms with Crippen LogP contribution in [0.5, 0.6) is 0 Å². The van der Waals surface area contributed by atoms with E-state index in [1.54, 1.807) is 24.3 Å². The van der Waals surface area contributed by atoms with Crippen LogP contribution in [0, 0.1) is 18.6 Å². The molecule has 2 aliphatic rings. The van der Waals surface area contributed by atoms with E-state index >= 15 is 0 Å². The van der Waals surface area contributed by atoms with Crippen LogP contribution in [0.25, 0.3) is 22.5 Å². The van der Waals surface area contributed by atoms with Crippen LogP contribution < -0.4 is 11.1 Å². The third-order valence-corrected chi connectivity index (χ3v) is 6.37. The zero-order valence-corrected chi connectivity index (χ0v) is 18.8. The second kappa shape index (κ2) is 9.38. The van der Waals surface area contributed by atoms with E-state index in [4.69, 9.17) is 10.8 Å². The van der Waals surface area contributed by atoms with Gasteiger partial charge >= 0.3 is 0 Å². The predicted octanol–water partition coefficient (Wildman–Crippen LogP) is 3.71. The summed E-state index contributed by atoms with van der Waals surface area (Å²) in [5.41, 5.74) is 10.7. The number of aromatic nitrogens is 1. The van der Waals surface area contributed by atoms with Crippen LogP contribution in [0.1, 0.15) is 36.8 Å². The van der Waals surface area contributed by atoms with Crippen molar-refractivity contribution in [2.45, 2.75) is 44.1 Å². The van der Waals surface area contributed by atoms with Crippen molar-refractivity contribution in [2.24, 2.45) is 5.73 Å². The number of hydrogen-bond acceptors (Lipinski definition) is 3. The summed E-state index contributed by atoms with van der Waals surface area (Å²) in [7, 11) is 0. The Morgan fingerprint density at radius 1 is 1.03 bits per heavy atom. The Kier molecular flexibility index (Phi) is 6.52. The van der Waals surface area contributed by atoms with E-state index in [0.717, 1.165) is 46.5 Å². The lowest BCUT2D eigenvalue weighted by molar-refractivity contribution is -0.120. The van der Waals surface area contributed by atoms with Gasteiger partial charge in [-0.1, -0.05) is 0 Å². The maximum absolute atomic E-state index is 13.4. The van der Waals surface area contributed by atoms with Gasteiger partial charge in [-0.3, -0.25) is 9.59 Å². The summed E-state index contributed by atoms with van der Waals surface area (Å²) in [6.07, 6.45) is 1.88. The van der Waals surface area contributed by atoms with E-state index in [1.165, 1.54) is 24.3 Å². The Balaban J connectivity index is 0.000000336. The SMILES string of the molecule is Cc1c(-c2ccc(F)cc2)[nH]c(-c2ccc(F)cc2)c1C1(CC(N)=O)CC1.O=C1CC(O)CN1. The van der Waals surface area contributed by atoms with Crippen molar-refractivity contribution in [2.75, 3.05) is 6.54 Å². The number of primary amides is 1. The summed E-state index contributed by atoms with van der Waals surface area (Å²) in [5.74, 6) is -0.982. The fourth-order valence-electron chi connectivity index (χ4n) is 4.58. The van der Waals surface area contributed by atoms with Crippen LogP contribution in [0.2, 0.25) is 0 Å². The molecule has 5 rings (SSSR count). The topological polar surface area (TPSA) is 108 Å². The monoisotopic (exact) mass is 467 g/mol. The summed E-state index contributed by atoms with van der Waals surface area (Å²) < 4.78 is 26.7. The Hall–Kier alpha value is -3.52. The minimum absolute atomic E-state index is 0.0486. The quantitative estimate of drug-likeness (QED) is 0.459. The van der Waals surface area contributed by atoms with Gasteiger partial charge in [-0.15, -0.1) is 0 Å². The average Bonchev–Trinajstić information content (AvgIpc) is 3.31. The summed E-state index contributed by atoms with van der Waals surface area (Å²) in [4.78, 5) is 25.3. The molecule has 0 bridgehead atoms. The molecule has 5 N–H and O–H groups in total. The van der Waals surface area contributed by atoms with E-state index in [9.17, 15) is 18.4 Å². The molecule has 1 atom stereocenters. The number of nitrogens with one attached hydrogen (secondary N) is 2. The molecule has 1 saturated carbocycles. The van der Waals surface area contributed by atoms with Gasteiger partial charge in [0.25, 0.3) is 0 Å². The molecule has 1 aliphatic carbocycles. The van der Waals surface area contributed by atoms with Crippen molar-refractivity contribution in [3.63, 3.8) is 0 Å². The van der Waals surface area contributed by atoms with Crippen LogP contribution >= 0.6 is 0 Å². The molecule has 2 heterocycles. The number of β-amino-alcohol motifs (C(OH)–C–C–N with tert-alkyl or cyclic N) is 1. The van der Waals surface area contributed by atoms with E-state index in [1.807, 2.05) is 6.92 Å². The fraction of sp³-hybridized carbons (Fsp3) is 0.308. The van der Waals surface area contributed by atoms with Gasteiger partial charge in [-0.25, -0.2) is 8.78 Å². The highest BCUT2D eigenvalue weighted by atomic mass is 19.1. The third-order valence-electron chi connectivity index (χ3n) is 6.37. The normalized spacial score (nSPS) is 18.1. The van der Waals surface area contributed by atoms with Crippen molar-refractivity contribution < 1.29 is 23.5 Å². The van der Waals surface area contributed by atoms with Gasteiger partial charge < -0.3 is 21.1 Å². The van der Waals surface area contributed by atoms with Crippen molar-refractivity contribution in [3.8, 4) is 22.5 Å². The van der Waals surface area contributed by atoms with Crippen molar-refractivity contribution >= 4 is 11.8 Å². The van der Waals surface area contributed by atoms with Gasteiger partial charge in [0.05, 0.1) is 12.5 Å². The first kappa shape index (κ1) is 23.6. The molecular formula is C26H27F2N3O3. The van der Waals surface area contributed by atoms with Crippen LogP contribution in [0.3, 0.4) is 0 Å². The Labute approximate surface area is 196 Å². The van der Waals surface area contributed by atoms with E-state index < -0.39 is 6.10 Å². The van der Waals surface area contributed by atoms with Crippen LogP contribution in [0.4, 0.5) is 8.78 Å². The number of amides is 2. The first-order chi connectivity index (χ1) is 16.2. The fourth-order valence-corrected chi connectivity index (χ4v) is 4.58. The zero-order chi connectivity index (χ0) is 24.5. The number of carbonyl (C=O) groups is 2. The van der Waals surface area contributed by atoms with E-state index in [0.29, 0.717) is 6.54 Å². The number of halogens is 2. The van der Waals surface area contributed by atoms with E-state index in [2.05, 4.69) is 10.3 Å². The van der Waals surface area contributed by atoms with Gasteiger partial charge in [0, 0.05) is 29.8 Å². The molecule has 2 aromatic carbocycles. The minimum atomic E-state index is -0.438. The van der Waals surface area contributed by atoms with Crippen LogP contribution in [0.15, 0.2) is 48.5 Å². The van der Waals surface area contributed by atoms with Crippen molar-refractivity contribution in [1.29, 1.82) is 0 Å². The molecular weight excluding hydrogens is 440 g/mol. The molecule has 1 unspecified atom stereocenters. The maximum Gasteiger partial charge on any atom is 0.222 e. The number of aliphatic hydroxyl groups excluding tert-OH is 1.